The van der Waals surface area contributed by atoms with E-state index in [9.17, 15) is 4.79 Å². The van der Waals surface area contributed by atoms with Crippen LogP contribution in [0.3, 0.4) is 0 Å². The Morgan fingerprint density at radius 2 is 1.59 bits per heavy atom. The van der Waals surface area contributed by atoms with Crippen molar-refractivity contribution in [1.82, 2.24) is 33.9 Å². The first-order chi connectivity index (χ1) is 15.8. The van der Waals surface area contributed by atoms with E-state index in [-0.39, 0.29) is 5.56 Å². The normalized spacial score (nSPS) is 11.4. The van der Waals surface area contributed by atoms with E-state index in [0.717, 1.165) is 22.4 Å². The molecule has 6 aromatic rings. The van der Waals surface area contributed by atoms with Crippen LogP contribution in [0.15, 0.2) is 96.3 Å². The summed E-state index contributed by atoms with van der Waals surface area (Å²) in [5.74, 6) is 0. The molecule has 0 unspecified atom stereocenters. The summed E-state index contributed by atoms with van der Waals surface area (Å²) < 4.78 is 5.23. The lowest BCUT2D eigenvalue weighted by Gasteiger charge is -2.12. The lowest BCUT2D eigenvalue weighted by molar-refractivity contribution is 0.770. The fraction of sp³-hybridized carbons (Fsp3) is 0.0417. The Bertz CT molecular complexity index is 1610. The Kier molecular flexibility index (Phi) is 4.14. The molecule has 0 N–H and O–H groups in total. The Labute approximate surface area is 182 Å². The largest absolute Gasteiger partial charge is 0.299 e. The highest BCUT2D eigenvalue weighted by atomic mass is 16.1. The lowest BCUT2D eigenvalue weighted by atomic mass is 10.2. The van der Waals surface area contributed by atoms with E-state index in [1.165, 1.54) is 0 Å². The van der Waals surface area contributed by atoms with Crippen LogP contribution in [0.5, 0.6) is 0 Å². The molecule has 2 aromatic carbocycles. The molecule has 0 aliphatic heterocycles. The van der Waals surface area contributed by atoms with E-state index in [0.29, 0.717) is 23.4 Å². The van der Waals surface area contributed by atoms with Crippen LogP contribution in [0.2, 0.25) is 0 Å². The molecule has 0 spiro atoms. The molecule has 0 aliphatic carbocycles. The quantitative estimate of drug-likeness (QED) is 0.438. The van der Waals surface area contributed by atoms with Crippen LogP contribution in [-0.4, -0.2) is 33.9 Å². The fourth-order valence-electron chi connectivity index (χ4n) is 3.95. The van der Waals surface area contributed by atoms with Gasteiger partial charge in [-0.25, -0.2) is 9.67 Å². The van der Waals surface area contributed by atoms with Gasteiger partial charge in [0, 0.05) is 6.20 Å². The van der Waals surface area contributed by atoms with Crippen LogP contribution in [0.25, 0.3) is 33.6 Å². The summed E-state index contributed by atoms with van der Waals surface area (Å²) in [6.45, 7) is 0.359. The Hall–Kier alpha value is -4.59. The van der Waals surface area contributed by atoms with E-state index in [1.807, 2.05) is 77.2 Å². The maximum Gasteiger partial charge on any atom is 0.278 e. The van der Waals surface area contributed by atoms with E-state index >= 15 is 0 Å². The molecule has 154 valence electrons. The Morgan fingerprint density at radius 1 is 0.812 bits per heavy atom. The van der Waals surface area contributed by atoms with Crippen molar-refractivity contribution in [3.63, 3.8) is 0 Å². The van der Waals surface area contributed by atoms with Gasteiger partial charge in [0.15, 0.2) is 0 Å². The summed E-state index contributed by atoms with van der Waals surface area (Å²) in [6.07, 6.45) is 5.18. The van der Waals surface area contributed by atoms with Gasteiger partial charge in [-0.1, -0.05) is 41.6 Å². The molecule has 4 aromatic heterocycles. The predicted octanol–water partition coefficient (Wildman–Crippen LogP) is 3.34. The first-order valence-electron chi connectivity index (χ1n) is 10.2. The topological polar surface area (TPSA) is 82.9 Å². The summed E-state index contributed by atoms with van der Waals surface area (Å²) in [5.41, 5.74) is 4.72. The summed E-state index contributed by atoms with van der Waals surface area (Å²) >= 11 is 0. The van der Waals surface area contributed by atoms with Crippen molar-refractivity contribution in [2.24, 2.45) is 0 Å². The smallest absolute Gasteiger partial charge is 0.278 e. The number of pyridine rings is 1. The number of hydrogen-bond donors (Lipinski definition) is 0. The van der Waals surface area contributed by atoms with Crippen LogP contribution in [0.1, 0.15) is 5.69 Å². The van der Waals surface area contributed by atoms with Gasteiger partial charge < -0.3 is 0 Å². The van der Waals surface area contributed by atoms with Crippen molar-refractivity contribution in [1.29, 1.82) is 0 Å². The molecule has 4 heterocycles. The van der Waals surface area contributed by atoms with Crippen molar-refractivity contribution in [2.45, 2.75) is 6.54 Å². The maximum absolute atomic E-state index is 13.7. The molecule has 0 fully saturated rings. The second kappa shape index (κ2) is 7.28. The highest BCUT2D eigenvalue weighted by molar-refractivity contribution is 5.84. The zero-order chi connectivity index (χ0) is 21.5. The third-order valence-corrected chi connectivity index (χ3v) is 5.45. The van der Waals surface area contributed by atoms with E-state index < -0.39 is 0 Å². The van der Waals surface area contributed by atoms with Gasteiger partial charge in [0.25, 0.3) is 5.56 Å². The zero-order valence-electron chi connectivity index (χ0n) is 16.9. The number of benzene rings is 2. The van der Waals surface area contributed by atoms with Gasteiger partial charge in [-0.05, 0) is 36.4 Å². The van der Waals surface area contributed by atoms with E-state index in [4.69, 9.17) is 0 Å². The van der Waals surface area contributed by atoms with Gasteiger partial charge in [-0.2, -0.15) is 0 Å². The highest BCUT2D eigenvalue weighted by Gasteiger charge is 2.19. The molecule has 32 heavy (non-hydrogen) atoms. The number of aromatic nitrogens is 7. The van der Waals surface area contributed by atoms with E-state index in [2.05, 4.69) is 20.3 Å². The van der Waals surface area contributed by atoms with Crippen molar-refractivity contribution in [2.75, 3.05) is 0 Å². The lowest BCUT2D eigenvalue weighted by Crippen LogP contribution is -2.24. The average molecular weight is 419 g/mol. The zero-order valence-corrected chi connectivity index (χ0v) is 16.9. The SMILES string of the molecule is O=c1c2c(-c3cn(-c4ccccc4)nn3)ncn2c2ccccc2n1Cc1ccccn1. The number of hydrogen-bond acceptors (Lipinski definition) is 5. The third kappa shape index (κ3) is 2.89. The molecule has 8 nitrogen and oxygen atoms in total. The van der Waals surface area contributed by atoms with Gasteiger partial charge in [0.05, 0.1) is 35.2 Å². The van der Waals surface area contributed by atoms with Crippen LogP contribution >= 0.6 is 0 Å². The van der Waals surface area contributed by atoms with Crippen LogP contribution < -0.4 is 5.56 Å². The minimum absolute atomic E-state index is 0.156. The summed E-state index contributed by atoms with van der Waals surface area (Å²) in [7, 11) is 0. The van der Waals surface area contributed by atoms with E-state index in [1.54, 1.807) is 28.0 Å². The molecule has 6 rings (SSSR count). The van der Waals surface area contributed by atoms with Crippen molar-refractivity contribution >= 4 is 16.6 Å². The molecule has 0 atom stereocenters. The molecule has 0 saturated carbocycles. The van der Waals surface area contributed by atoms with Crippen molar-refractivity contribution in [3.05, 3.63) is 108 Å². The number of fused-ring (bicyclic) bond motifs is 3. The minimum atomic E-state index is -0.156. The number of imidazole rings is 1. The average Bonchev–Trinajstić information content (AvgIpc) is 3.51. The van der Waals surface area contributed by atoms with Gasteiger partial charge >= 0.3 is 0 Å². The monoisotopic (exact) mass is 419 g/mol. The molecule has 0 radical (unpaired) electrons. The number of nitrogens with zero attached hydrogens (tertiary/aromatic N) is 7. The molecule has 0 bridgehead atoms. The standard InChI is InChI=1S/C24H17N7O/c32-24-23-22(19-15-31(28-27-19)18-9-2-1-3-10-18)26-16-30(23)21-12-5-4-11-20(21)29(24)14-17-8-6-7-13-25-17/h1-13,15-16H,14H2. The predicted molar refractivity (Wildman–Crippen MR) is 121 cm³/mol. The van der Waals surface area contributed by atoms with Crippen LogP contribution in [0, 0.1) is 0 Å². The minimum Gasteiger partial charge on any atom is -0.299 e. The van der Waals surface area contributed by atoms with Gasteiger partial charge in [-0.3, -0.25) is 18.7 Å². The maximum atomic E-state index is 13.7. The molecule has 0 aliphatic rings. The molecular weight excluding hydrogens is 402 g/mol. The second-order valence-electron chi connectivity index (χ2n) is 7.40. The number of para-hydroxylation sites is 3. The summed E-state index contributed by atoms with van der Waals surface area (Å²) in [4.78, 5) is 22.6. The third-order valence-electron chi connectivity index (χ3n) is 5.45. The van der Waals surface area contributed by atoms with Crippen LogP contribution in [0.4, 0.5) is 0 Å². The first kappa shape index (κ1) is 18.2. The summed E-state index contributed by atoms with van der Waals surface area (Å²) in [6, 6.07) is 23.2. The molecule has 0 saturated heterocycles. The van der Waals surface area contributed by atoms with Gasteiger partial charge in [0.1, 0.15) is 23.2 Å². The fourth-order valence-corrected chi connectivity index (χ4v) is 3.95. The molecule has 8 heteroatoms. The Balaban J connectivity index is 1.57. The summed E-state index contributed by atoms with van der Waals surface area (Å²) in [5, 5.41) is 8.53. The molecular formula is C24H17N7O. The number of rotatable bonds is 4. The molecule has 0 amide bonds. The first-order valence-corrected chi connectivity index (χ1v) is 10.2. The Morgan fingerprint density at radius 3 is 2.41 bits per heavy atom. The van der Waals surface area contributed by atoms with Crippen molar-refractivity contribution < 1.29 is 0 Å². The highest BCUT2D eigenvalue weighted by Crippen LogP contribution is 2.23. The van der Waals surface area contributed by atoms with Crippen LogP contribution in [-0.2, 0) is 6.54 Å². The second-order valence-corrected chi connectivity index (χ2v) is 7.40. The van der Waals surface area contributed by atoms with Gasteiger partial charge in [-0.15, -0.1) is 5.10 Å². The van der Waals surface area contributed by atoms with Crippen molar-refractivity contribution in [3.8, 4) is 17.1 Å². The van der Waals surface area contributed by atoms with Gasteiger partial charge in [0.2, 0.25) is 0 Å².